The highest BCUT2D eigenvalue weighted by Gasteiger charge is 2.27. The van der Waals surface area contributed by atoms with Crippen LogP contribution in [-0.2, 0) is 9.53 Å². The molecule has 0 heterocycles. The lowest BCUT2D eigenvalue weighted by Gasteiger charge is -2.16. The minimum absolute atomic E-state index is 0.189. The van der Waals surface area contributed by atoms with E-state index in [4.69, 9.17) is 4.74 Å². The minimum Gasteiger partial charge on any atom is -0.466 e. The molecule has 0 saturated heterocycles. The van der Waals surface area contributed by atoms with Gasteiger partial charge in [0.15, 0.2) is 0 Å². The van der Waals surface area contributed by atoms with Gasteiger partial charge in [0, 0.05) is 11.5 Å². The Morgan fingerprint density at radius 2 is 2.12 bits per heavy atom. The second kappa shape index (κ2) is 4.52. The number of allylic oxidation sites excluding steroid dienone is 1. The lowest BCUT2D eigenvalue weighted by atomic mass is 9.89. The molecular weight excluding hydrogens is 200 g/mol. The number of carbonyl (C=O) groups excluding carboxylic acids is 1. The van der Waals surface area contributed by atoms with Gasteiger partial charge in [-0.1, -0.05) is 30.3 Å². The highest BCUT2D eigenvalue weighted by molar-refractivity contribution is 5.90. The molecule has 1 aromatic rings. The number of aryl methyl sites for hydroxylation is 1. The van der Waals surface area contributed by atoms with Gasteiger partial charge in [-0.3, -0.25) is 0 Å². The van der Waals surface area contributed by atoms with Gasteiger partial charge < -0.3 is 4.74 Å². The summed E-state index contributed by atoms with van der Waals surface area (Å²) < 4.78 is 4.82. The fourth-order valence-electron chi connectivity index (χ4n) is 2.35. The molecule has 16 heavy (non-hydrogen) atoms. The molecule has 0 aliphatic heterocycles. The molecule has 1 unspecified atom stereocenters. The van der Waals surface area contributed by atoms with E-state index < -0.39 is 0 Å². The zero-order chi connectivity index (χ0) is 11.5. The summed E-state index contributed by atoms with van der Waals surface area (Å²) in [6.45, 7) is 2.09. The summed E-state index contributed by atoms with van der Waals surface area (Å²) in [4.78, 5) is 11.6. The van der Waals surface area contributed by atoms with Gasteiger partial charge in [0.2, 0.25) is 0 Å². The number of hydrogen-bond acceptors (Lipinski definition) is 2. The van der Waals surface area contributed by atoms with E-state index in [-0.39, 0.29) is 11.9 Å². The van der Waals surface area contributed by atoms with Gasteiger partial charge in [0.05, 0.1) is 7.11 Å². The third kappa shape index (κ3) is 1.87. The highest BCUT2D eigenvalue weighted by atomic mass is 16.5. The van der Waals surface area contributed by atoms with Crippen molar-refractivity contribution < 1.29 is 9.53 Å². The molecule has 1 aliphatic rings. The second-order valence-corrected chi connectivity index (χ2v) is 4.14. The van der Waals surface area contributed by atoms with Crippen LogP contribution in [0.5, 0.6) is 0 Å². The lowest BCUT2D eigenvalue weighted by molar-refractivity contribution is -0.136. The zero-order valence-electron chi connectivity index (χ0n) is 9.69. The molecule has 0 radical (unpaired) electrons. The van der Waals surface area contributed by atoms with Gasteiger partial charge in [0.1, 0.15) is 0 Å². The van der Waals surface area contributed by atoms with Crippen LogP contribution in [0.1, 0.15) is 29.9 Å². The molecule has 0 aromatic heterocycles. The SMILES string of the molecule is COC(=O)C1=CCCC1c1ccccc1C. The largest absolute Gasteiger partial charge is 0.466 e. The summed E-state index contributed by atoms with van der Waals surface area (Å²) in [6.07, 6.45) is 3.97. The van der Waals surface area contributed by atoms with Crippen molar-refractivity contribution in [3.63, 3.8) is 0 Å². The number of ether oxygens (including phenoxy) is 1. The molecule has 2 rings (SSSR count). The molecule has 0 fully saturated rings. The van der Waals surface area contributed by atoms with Crippen LogP contribution in [0.2, 0.25) is 0 Å². The van der Waals surface area contributed by atoms with E-state index in [2.05, 4.69) is 19.1 Å². The first-order valence-corrected chi connectivity index (χ1v) is 5.58. The third-order valence-electron chi connectivity index (χ3n) is 3.18. The van der Waals surface area contributed by atoms with Crippen molar-refractivity contribution in [2.24, 2.45) is 0 Å². The molecular formula is C14H16O2. The van der Waals surface area contributed by atoms with Gasteiger partial charge in [0.25, 0.3) is 0 Å². The van der Waals surface area contributed by atoms with E-state index in [1.807, 2.05) is 18.2 Å². The van der Waals surface area contributed by atoms with Crippen LogP contribution < -0.4 is 0 Å². The number of benzene rings is 1. The minimum atomic E-state index is -0.189. The van der Waals surface area contributed by atoms with E-state index in [0.29, 0.717) is 0 Å². The summed E-state index contributed by atoms with van der Waals surface area (Å²) in [5, 5.41) is 0. The van der Waals surface area contributed by atoms with Crippen molar-refractivity contribution in [2.45, 2.75) is 25.7 Å². The van der Waals surface area contributed by atoms with Crippen molar-refractivity contribution in [1.29, 1.82) is 0 Å². The van der Waals surface area contributed by atoms with Gasteiger partial charge in [-0.05, 0) is 30.9 Å². The first-order valence-electron chi connectivity index (χ1n) is 5.58. The van der Waals surface area contributed by atoms with Crippen LogP contribution in [0, 0.1) is 6.92 Å². The summed E-state index contributed by atoms with van der Waals surface area (Å²) in [5.41, 5.74) is 3.30. The Bertz CT molecular complexity index is 432. The van der Waals surface area contributed by atoms with Crippen LogP contribution in [0.3, 0.4) is 0 Å². The molecule has 84 valence electrons. The van der Waals surface area contributed by atoms with Crippen LogP contribution in [-0.4, -0.2) is 13.1 Å². The first kappa shape index (κ1) is 10.9. The van der Waals surface area contributed by atoms with E-state index in [9.17, 15) is 4.79 Å². The van der Waals surface area contributed by atoms with E-state index in [0.717, 1.165) is 18.4 Å². The first-order chi connectivity index (χ1) is 7.74. The summed E-state index contributed by atoms with van der Waals surface area (Å²) in [7, 11) is 1.44. The molecule has 2 nitrogen and oxygen atoms in total. The quantitative estimate of drug-likeness (QED) is 0.710. The normalized spacial score (nSPS) is 19.4. The van der Waals surface area contributed by atoms with E-state index >= 15 is 0 Å². The van der Waals surface area contributed by atoms with Gasteiger partial charge >= 0.3 is 5.97 Å². The molecule has 0 N–H and O–H groups in total. The van der Waals surface area contributed by atoms with Crippen molar-refractivity contribution >= 4 is 5.97 Å². The van der Waals surface area contributed by atoms with Gasteiger partial charge in [-0.15, -0.1) is 0 Å². The molecule has 0 saturated carbocycles. The third-order valence-corrected chi connectivity index (χ3v) is 3.18. The Hall–Kier alpha value is -1.57. The van der Waals surface area contributed by atoms with Crippen LogP contribution in [0.15, 0.2) is 35.9 Å². The fourth-order valence-corrected chi connectivity index (χ4v) is 2.35. The fraction of sp³-hybridized carbons (Fsp3) is 0.357. The number of rotatable bonds is 2. The molecule has 0 spiro atoms. The predicted octanol–water partition coefficient (Wildman–Crippen LogP) is 2.97. The maximum Gasteiger partial charge on any atom is 0.334 e. The van der Waals surface area contributed by atoms with Crippen molar-refractivity contribution in [1.82, 2.24) is 0 Å². The Balaban J connectivity index is 2.32. The van der Waals surface area contributed by atoms with Crippen molar-refractivity contribution in [2.75, 3.05) is 7.11 Å². The Kier molecular flexibility index (Phi) is 3.09. The smallest absolute Gasteiger partial charge is 0.334 e. The van der Waals surface area contributed by atoms with Crippen LogP contribution in [0.25, 0.3) is 0 Å². The summed E-state index contributed by atoms with van der Waals surface area (Å²) in [5.74, 6) is 0.0272. The van der Waals surface area contributed by atoms with E-state index in [1.165, 1.54) is 18.2 Å². The number of methoxy groups -OCH3 is 1. The highest BCUT2D eigenvalue weighted by Crippen LogP contribution is 2.36. The number of carbonyl (C=O) groups is 1. The molecule has 1 atom stereocenters. The molecule has 0 bridgehead atoms. The predicted molar refractivity (Wildman–Crippen MR) is 63.3 cm³/mol. The monoisotopic (exact) mass is 216 g/mol. The van der Waals surface area contributed by atoms with Gasteiger partial charge in [-0.2, -0.15) is 0 Å². The molecule has 0 amide bonds. The summed E-state index contributed by atoms with van der Waals surface area (Å²) in [6, 6.07) is 8.23. The lowest BCUT2D eigenvalue weighted by Crippen LogP contribution is -2.11. The van der Waals surface area contributed by atoms with Crippen molar-refractivity contribution in [3.8, 4) is 0 Å². The van der Waals surface area contributed by atoms with Crippen LogP contribution in [0.4, 0.5) is 0 Å². The molecule has 1 aliphatic carbocycles. The van der Waals surface area contributed by atoms with Crippen molar-refractivity contribution in [3.05, 3.63) is 47.0 Å². The maximum atomic E-state index is 11.6. The Labute approximate surface area is 95.9 Å². The van der Waals surface area contributed by atoms with Gasteiger partial charge in [-0.25, -0.2) is 4.79 Å². The van der Waals surface area contributed by atoms with Crippen LogP contribution >= 0.6 is 0 Å². The second-order valence-electron chi connectivity index (χ2n) is 4.14. The standard InChI is InChI=1S/C14H16O2/c1-10-6-3-4-7-11(10)12-8-5-9-13(12)14(15)16-2/h3-4,6-7,9,12H,5,8H2,1-2H3. The Morgan fingerprint density at radius 3 is 2.81 bits per heavy atom. The molecule has 2 heteroatoms. The van der Waals surface area contributed by atoms with E-state index in [1.54, 1.807) is 0 Å². The summed E-state index contributed by atoms with van der Waals surface area (Å²) >= 11 is 0. The average Bonchev–Trinajstić information content (AvgIpc) is 2.77. The number of hydrogen-bond donors (Lipinski definition) is 0. The topological polar surface area (TPSA) is 26.3 Å². The zero-order valence-corrected chi connectivity index (χ0v) is 9.69. The molecule has 1 aromatic carbocycles. The average molecular weight is 216 g/mol. The number of esters is 1. The Morgan fingerprint density at radius 1 is 1.38 bits per heavy atom. The maximum absolute atomic E-state index is 11.6.